The van der Waals surface area contributed by atoms with Gasteiger partial charge in [-0.1, -0.05) is 11.6 Å². The molecule has 0 fully saturated rings. The van der Waals surface area contributed by atoms with E-state index in [1.54, 1.807) is 12.1 Å². The Morgan fingerprint density at radius 2 is 1.92 bits per heavy atom. The number of carbonyl (C=O) groups excluding carboxylic acids is 1. The number of rotatable bonds is 3. The van der Waals surface area contributed by atoms with Crippen LogP contribution in [0.2, 0.25) is 5.02 Å². The van der Waals surface area contributed by atoms with E-state index in [-0.39, 0.29) is 11.1 Å². The van der Waals surface area contributed by atoms with Gasteiger partial charge in [-0.3, -0.25) is 4.79 Å². The number of hydrogen-bond acceptors (Lipinski definition) is 4. The second-order valence-corrected chi connectivity index (χ2v) is 5.79. The number of carbonyl (C=O) groups is 1. The van der Waals surface area contributed by atoms with Gasteiger partial charge in [0.05, 0.1) is 18.2 Å². The second-order valence-electron chi connectivity index (χ2n) is 5.39. The predicted molar refractivity (Wildman–Crippen MR) is 91.4 cm³/mol. The molecule has 0 amide bonds. The number of benzene rings is 2. The highest BCUT2D eigenvalue weighted by molar-refractivity contribution is 6.32. The molecule has 0 spiro atoms. The third-order valence-electron chi connectivity index (χ3n) is 3.61. The number of Topliss-reactive ketones (excluding diaryl/α,β-unsaturated/α-hetero) is 1. The lowest BCUT2D eigenvalue weighted by molar-refractivity contribution is 0.104. The standard InChI is InChI=1S/C19H13ClFNO3/c20-16-9-12(10-17-19(16)25-7-1-6-24-17)8-14(11-22)18(23)13-2-4-15(21)5-3-13/h2-5,8-10H,1,6-7H2/b14-8+. The van der Waals surface area contributed by atoms with Crippen molar-refractivity contribution in [2.45, 2.75) is 6.42 Å². The van der Waals surface area contributed by atoms with E-state index in [0.29, 0.717) is 35.3 Å². The summed E-state index contributed by atoms with van der Waals surface area (Å²) in [6.07, 6.45) is 2.16. The zero-order chi connectivity index (χ0) is 17.8. The van der Waals surface area contributed by atoms with Crippen molar-refractivity contribution >= 4 is 23.5 Å². The lowest BCUT2D eigenvalue weighted by atomic mass is 10.0. The van der Waals surface area contributed by atoms with Gasteiger partial charge in [0.25, 0.3) is 0 Å². The predicted octanol–water partition coefficient (Wildman–Crippen LogP) is 4.43. The second kappa shape index (κ2) is 7.37. The molecule has 1 aliphatic heterocycles. The highest BCUT2D eigenvalue weighted by atomic mass is 35.5. The van der Waals surface area contributed by atoms with Crippen LogP contribution in [0.1, 0.15) is 22.3 Å². The largest absolute Gasteiger partial charge is 0.489 e. The molecule has 0 bridgehead atoms. The Morgan fingerprint density at radius 3 is 2.64 bits per heavy atom. The highest BCUT2D eigenvalue weighted by Gasteiger charge is 2.17. The van der Waals surface area contributed by atoms with Crippen molar-refractivity contribution < 1.29 is 18.7 Å². The monoisotopic (exact) mass is 357 g/mol. The first-order valence-corrected chi connectivity index (χ1v) is 7.97. The Balaban J connectivity index is 1.96. The molecule has 2 aromatic rings. The van der Waals surface area contributed by atoms with Crippen LogP contribution in [0.25, 0.3) is 6.08 Å². The van der Waals surface area contributed by atoms with Crippen LogP contribution in [-0.4, -0.2) is 19.0 Å². The molecule has 2 aromatic carbocycles. The third kappa shape index (κ3) is 3.81. The van der Waals surface area contributed by atoms with Crippen molar-refractivity contribution in [3.63, 3.8) is 0 Å². The fraction of sp³-hybridized carbons (Fsp3) is 0.158. The average Bonchev–Trinajstić information content (AvgIpc) is 2.85. The number of nitriles is 1. The lowest BCUT2D eigenvalue weighted by Crippen LogP contribution is -2.02. The smallest absolute Gasteiger partial charge is 0.203 e. The van der Waals surface area contributed by atoms with Crippen molar-refractivity contribution in [2.75, 3.05) is 13.2 Å². The molecule has 0 saturated heterocycles. The van der Waals surface area contributed by atoms with Crippen molar-refractivity contribution in [1.82, 2.24) is 0 Å². The van der Waals surface area contributed by atoms with Crippen molar-refractivity contribution in [3.8, 4) is 17.6 Å². The molecule has 0 saturated carbocycles. The van der Waals surface area contributed by atoms with Gasteiger partial charge >= 0.3 is 0 Å². The van der Waals surface area contributed by atoms with E-state index in [2.05, 4.69) is 0 Å². The highest BCUT2D eigenvalue weighted by Crippen LogP contribution is 2.38. The van der Waals surface area contributed by atoms with Crippen LogP contribution in [0.5, 0.6) is 11.5 Å². The molecule has 1 heterocycles. The van der Waals surface area contributed by atoms with Gasteiger partial charge in [0.1, 0.15) is 17.5 Å². The topological polar surface area (TPSA) is 59.3 Å². The van der Waals surface area contributed by atoms with E-state index in [4.69, 9.17) is 21.1 Å². The van der Waals surface area contributed by atoms with E-state index in [1.165, 1.54) is 30.3 Å². The molecule has 0 atom stereocenters. The number of halogens is 2. The minimum absolute atomic E-state index is 0.0860. The van der Waals surface area contributed by atoms with Crippen molar-refractivity contribution in [1.29, 1.82) is 5.26 Å². The molecule has 4 nitrogen and oxygen atoms in total. The molecule has 25 heavy (non-hydrogen) atoms. The van der Waals surface area contributed by atoms with E-state index >= 15 is 0 Å². The summed E-state index contributed by atoms with van der Waals surface area (Å²) in [5.41, 5.74) is 0.688. The first-order chi connectivity index (χ1) is 12.1. The third-order valence-corrected chi connectivity index (χ3v) is 3.89. The summed E-state index contributed by atoms with van der Waals surface area (Å²) in [4.78, 5) is 12.4. The molecule has 0 radical (unpaired) electrons. The Bertz CT molecular complexity index is 885. The fourth-order valence-electron chi connectivity index (χ4n) is 2.41. The lowest BCUT2D eigenvalue weighted by Gasteiger charge is -2.10. The molecule has 0 unspecified atom stereocenters. The molecule has 6 heteroatoms. The number of nitrogens with zero attached hydrogens (tertiary/aromatic N) is 1. The normalized spacial score (nSPS) is 13.7. The summed E-state index contributed by atoms with van der Waals surface area (Å²) in [5.74, 6) is -0.0121. The molecule has 0 aliphatic carbocycles. The summed E-state index contributed by atoms with van der Waals surface area (Å²) in [5, 5.41) is 9.67. The number of ether oxygens (including phenoxy) is 2. The van der Waals surface area contributed by atoms with E-state index in [0.717, 1.165) is 6.42 Å². The van der Waals surface area contributed by atoms with Gasteiger partial charge in [-0.05, 0) is 48.0 Å². The van der Waals surface area contributed by atoms with Crippen LogP contribution in [0.4, 0.5) is 4.39 Å². The molecule has 3 rings (SSSR count). The fourth-order valence-corrected chi connectivity index (χ4v) is 2.68. The molecule has 126 valence electrons. The molecular weight excluding hydrogens is 345 g/mol. The van der Waals surface area contributed by atoms with Crippen LogP contribution in [-0.2, 0) is 0 Å². The van der Waals surface area contributed by atoms with Crippen LogP contribution in [0, 0.1) is 17.1 Å². The quantitative estimate of drug-likeness (QED) is 0.463. The number of hydrogen-bond donors (Lipinski definition) is 0. The number of allylic oxidation sites excluding steroid dienone is 1. The molecule has 0 aromatic heterocycles. The van der Waals surface area contributed by atoms with Gasteiger partial charge in [-0.25, -0.2) is 4.39 Å². The Hall–Kier alpha value is -2.84. The molecular formula is C19H13ClFNO3. The Kier molecular flexibility index (Phi) is 5.01. The summed E-state index contributed by atoms with van der Waals surface area (Å²) in [6.45, 7) is 1.00. The maximum Gasteiger partial charge on any atom is 0.203 e. The van der Waals surface area contributed by atoms with E-state index in [9.17, 15) is 14.4 Å². The van der Waals surface area contributed by atoms with E-state index in [1.807, 2.05) is 6.07 Å². The molecule has 0 N–H and O–H groups in total. The Morgan fingerprint density at radius 1 is 1.20 bits per heavy atom. The Labute approximate surface area is 149 Å². The zero-order valence-corrected chi connectivity index (χ0v) is 13.8. The minimum Gasteiger partial charge on any atom is -0.489 e. The molecule has 1 aliphatic rings. The first-order valence-electron chi connectivity index (χ1n) is 7.59. The maximum absolute atomic E-state index is 13.0. The summed E-state index contributed by atoms with van der Waals surface area (Å²) in [7, 11) is 0. The number of ketones is 1. The van der Waals surface area contributed by atoms with Crippen LogP contribution < -0.4 is 9.47 Å². The van der Waals surface area contributed by atoms with Gasteiger partial charge in [-0.2, -0.15) is 5.26 Å². The van der Waals surface area contributed by atoms with E-state index < -0.39 is 11.6 Å². The van der Waals surface area contributed by atoms with Gasteiger partial charge < -0.3 is 9.47 Å². The summed E-state index contributed by atoms with van der Waals surface area (Å²) < 4.78 is 24.1. The summed E-state index contributed by atoms with van der Waals surface area (Å²) >= 11 is 6.22. The first kappa shape index (κ1) is 17.0. The average molecular weight is 358 g/mol. The van der Waals surface area contributed by atoms with Crippen LogP contribution in [0.15, 0.2) is 42.0 Å². The number of fused-ring (bicyclic) bond motifs is 1. The van der Waals surface area contributed by atoms with Crippen molar-refractivity contribution in [3.05, 3.63) is 63.9 Å². The minimum atomic E-state index is -0.495. The van der Waals surface area contributed by atoms with Gasteiger partial charge in [0.2, 0.25) is 5.78 Å². The van der Waals surface area contributed by atoms with Gasteiger partial charge in [0, 0.05) is 12.0 Å². The maximum atomic E-state index is 13.0. The van der Waals surface area contributed by atoms with Crippen LogP contribution in [0.3, 0.4) is 0 Å². The summed E-state index contributed by atoms with van der Waals surface area (Å²) in [6, 6.07) is 10.2. The van der Waals surface area contributed by atoms with Crippen molar-refractivity contribution in [2.24, 2.45) is 0 Å². The SMILES string of the molecule is N#C/C(=C\c1cc(Cl)c2c(c1)OCCCO2)C(=O)c1ccc(F)cc1. The van der Waals surface area contributed by atoms with Gasteiger partial charge in [-0.15, -0.1) is 0 Å². The van der Waals surface area contributed by atoms with Crippen LogP contribution >= 0.6 is 11.6 Å². The van der Waals surface area contributed by atoms with Gasteiger partial charge in [0.15, 0.2) is 11.5 Å². The zero-order valence-electron chi connectivity index (χ0n) is 13.1.